The van der Waals surface area contributed by atoms with E-state index in [4.69, 9.17) is 9.90 Å². The molecule has 0 spiro atoms. The normalized spacial score (nSPS) is 9.09. The summed E-state index contributed by atoms with van der Waals surface area (Å²) in [6.07, 6.45) is 0. The second-order valence-electron chi connectivity index (χ2n) is 9.18. The third-order valence-electron chi connectivity index (χ3n) is 6.09. The molecule has 0 amide bonds. The summed E-state index contributed by atoms with van der Waals surface area (Å²) >= 11 is 0. The number of halogens is 3. The monoisotopic (exact) mass is 1130 g/mol. The van der Waals surface area contributed by atoms with Crippen molar-refractivity contribution in [3.8, 4) is 0 Å². The third-order valence-corrected chi connectivity index (χ3v) is 11.0. The predicted octanol–water partition coefficient (Wildman–Crippen LogP) is -3.35. The molecule has 0 aromatic heterocycles. The van der Waals surface area contributed by atoms with Crippen molar-refractivity contribution in [1.29, 1.82) is 0 Å². The van der Waals surface area contributed by atoms with Crippen molar-refractivity contribution in [1.82, 2.24) is 0 Å². The van der Waals surface area contributed by atoms with Gasteiger partial charge >= 0.3 is 37.5 Å². The van der Waals surface area contributed by atoms with Gasteiger partial charge in [-0.1, -0.05) is 182 Å². The summed E-state index contributed by atoms with van der Waals surface area (Å²) in [5.74, 6) is -1.08. The fraction of sp³-hybridized carbons (Fsp3) is 0.0263. The summed E-state index contributed by atoms with van der Waals surface area (Å²) in [6.45, 7) is 0.972. The Morgan fingerprint density at radius 3 is 0.596 bits per heavy atom. The topological polar surface area (TPSA) is 40.1 Å². The van der Waals surface area contributed by atoms with E-state index in [0.717, 1.165) is 6.92 Å². The molecule has 9 heteroatoms. The molecule has 0 atom stereocenters. The minimum absolute atomic E-state index is 0. The molecule has 6 aromatic carbocycles. The maximum atomic E-state index is 8.89. The molecule has 0 saturated heterocycles. The van der Waals surface area contributed by atoms with Gasteiger partial charge in [-0.05, 0) is 54.6 Å². The smallest absolute Gasteiger partial charge is 1.00 e. The van der Waals surface area contributed by atoms with Gasteiger partial charge in [-0.15, -0.1) is 0 Å². The standard InChI is InChI=1S/2C18H15P.C2H4O2.Cu.3HI.Pd/c2*1-4-10-16(11-5-1)19(17-12-6-2-7-13-17)18-14-8-3-9-15-18;1-2(3)4;;;;;/h2*1-15H;1H3,(H,3,4);;3*1H;/q;;;+2;;;;+2/p-4. The molecular formula is C38H33CuI3O2P2Pd. The van der Waals surface area contributed by atoms with Gasteiger partial charge in [0.05, 0.1) is 0 Å². The van der Waals surface area contributed by atoms with Crippen molar-refractivity contribution in [2.45, 2.75) is 6.92 Å². The van der Waals surface area contributed by atoms with E-state index >= 15 is 0 Å². The molecule has 0 unspecified atom stereocenters. The number of hydrogen-bond donors (Lipinski definition) is 0. The first-order chi connectivity index (χ1) is 20.6. The van der Waals surface area contributed by atoms with E-state index < -0.39 is 21.8 Å². The Hall–Kier alpha value is -0.978. The third kappa shape index (κ3) is 16.5. The first-order valence-electron chi connectivity index (χ1n) is 13.7. The summed E-state index contributed by atoms with van der Waals surface area (Å²) < 4.78 is 0. The number of carbonyl (C=O) groups is 1. The van der Waals surface area contributed by atoms with E-state index in [1.165, 1.54) is 31.8 Å². The minimum atomic E-state index is -1.08. The number of carboxylic acids is 1. The average Bonchev–Trinajstić information content (AvgIpc) is 3.05. The number of aliphatic carboxylic acids is 1. The van der Waals surface area contributed by atoms with Crippen LogP contribution in [0.2, 0.25) is 0 Å². The van der Waals surface area contributed by atoms with E-state index in [1.807, 2.05) is 0 Å². The van der Waals surface area contributed by atoms with E-state index in [9.17, 15) is 0 Å². The number of benzene rings is 6. The van der Waals surface area contributed by atoms with Crippen molar-refractivity contribution in [3.05, 3.63) is 182 Å². The minimum Gasteiger partial charge on any atom is -1.00 e. The Balaban J connectivity index is 0. The van der Waals surface area contributed by atoms with Crippen molar-refractivity contribution in [3.63, 3.8) is 0 Å². The zero-order valence-corrected chi connectivity index (χ0v) is 36.0. The van der Waals surface area contributed by atoms with Crippen LogP contribution in [0.25, 0.3) is 0 Å². The molecule has 249 valence electrons. The van der Waals surface area contributed by atoms with Crippen LogP contribution in [0.4, 0.5) is 0 Å². The summed E-state index contributed by atoms with van der Waals surface area (Å²) in [5.41, 5.74) is 0. The van der Waals surface area contributed by atoms with Gasteiger partial charge in [0.1, 0.15) is 0 Å². The molecule has 0 saturated carbocycles. The van der Waals surface area contributed by atoms with E-state index in [1.54, 1.807) is 0 Å². The Morgan fingerprint density at radius 1 is 0.383 bits per heavy atom. The van der Waals surface area contributed by atoms with Crippen LogP contribution in [0.5, 0.6) is 0 Å². The number of rotatable bonds is 6. The van der Waals surface area contributed by atoms with Crippen molar-refractivity contribution < 1.29 is 119 Å². The van der Waals surface area contributed by atoms with Crippen LogP contribution in [0.1, 0.15) is 6.92 Å². The van der Waals surface area contributed by atoms with E-state index in [2.05, 4.69) is 182 Å². The fourth-order valence-corrected chi connectivity index (χ4v) is 8.97. The van der Waals surface area contributed by atoms with Crippen LogP contribution in [-0.4, -0.2) is 5.97 Å². The Morgan fingerprint density at radius 2 is 0.489 bits per heavy atom. The molecule has 6 aromatic rings. The molecule has 0 aliphatic heterocycles. The summed E-state index contributed by atoms with van der Waals surface area (Å²) in [7, 11) is -0.892. The Kier molecular flexibility index (Phi) is 28.5. The number of hydrogen-bond acceptors (Lipinski definition) is 2. The number of carbonyl (C=O) groups excluding carboxylic acids is 1. The average molecular weight is 1130 g/mol. The maximum Gasteiger partial charge on any atom is 2.00 e. The molecule has 0 N–H and O–H groups in total. The molecule has 47 heavy (non-hydrogen) atoms. The molecular weight excluding hydrogens is 1100 g/mol. The Bertz CT molecular complexity index is 1300. The second kappa shape index (κ2) is 27.8. The summed E-state index contributed by atoms with van der Waals surface area (Å²) in [4.78, 5) is 8.89. The predicted molar refractivity (Wildman–Crippen MR) is 181 cm³/mol. The van der Waals surface area contributed by atoms with Gasteiger partial charge in [-0.2, -0.15) is 0 Å². The fourth-order valence-electron chi connectivity index (χ4n) is 4.36. The summed E-state index contributed by atoms with van der Waals surface area (Å²) in [5, 5.41) is 17.3. The van der Waals surface area contributed by atoms with Crippen molar-refractivity contribution >= 4 is 53.6 Å². The second-order valence-corrected chi connectivity index (χ2v) is 13.6. The largest absolute Gasteiger partial charge is 2.00 e. The molecule has 0 aliphatic carbocycles. The summed E-state index contributed by atoms with van der Waals surface area (Å²) in [6, 6.07) is 64.7. The van der Waals surface area contributed by atoms with Crippen LogP contribution in [0, 0.1) is 0 Å². The first-order valence-corrected chi connectivity index (χ1v) is 16.4. The van der Waals surface area contributed by atoms with Gasteiger partial charge in [0.2, 0.25) is 0 Å². The Labute approximate surface area is 357 Å². The molecule has 1 radical (unpaired) electrons. The van der Waals surface area contributed by atoms with E-state index in [-0.39, 0.29) is 109 Å². The van der Waals surface area contributed by atoms with Gasteiger partial charge in [0.15, 0.2) is 0 Å². The molecule has 6 rings (SSSR count). The first kappa shape index (κ1) is 48.1. The van der Waals surface area contributed by atoms with Crippen molar-refractivity contribution in [2.24, 2.45) is 0 Å². The van der Waals surface area contributed by atoms with Crippen LogP contribution in [0.3, 0.4) is 0 Å². The van der Waals surface area contributed by atoms with Gasteiger partial charge in [0, 0.05) is 5.97 Å². The molecule has 0 heterocycles. The van der Waals surface area contributed by atoms with Gasteiger partial charge in [-0.25, -0.2) is 0 Å². The SMILES string of the molecule is CC(=O)[O-].[Cu+2].[I-].[I-].[I-].[Pd+2].c1ccc(P(c2ccccc2)c2ccccc2)cc1.c1ccc(P(c2ccccc2)c2ccccc2)cc1. The van der Waals surface area contributed by atoms with Gasteiger partial charge < -0.3 is 81.8 Å². The van der Waals surface area contributed by atoms with E-state index in [0.29, 0.717) is 0 Å². The molecule has 0 bridgehead atoms. The zero-order valence-electron chi connectivity index (χ0n) is 25.3. The van der Waals surface area contributed by atoms with Gasteiger partial charge in [0.25, 0.3) is 0 Å². The van der Waals surface area contributed by atoms with Crippen LogP contribution >= 0.6 is 15.8 Å². The number of carboxylic acid groups (broad SMARTS) is 1. The van der Waals surface area contributed by atoms with Crippen LogP contribution in [0.15, 0.2) is 182 Å². The van der Waals surface area contributed by atoms with Crippen LogP contribution < -0.4 is 109 Å². The van der Waals surface area contributed by atoms with Gasteiger partial charge in [-0.3, -0.25) is 0 Å². The zero-order chi connectivity index (χ0) is 29.4. The van der Waals surface area contributed by atoms with Crippen LogP contribution in [-0.2, 0) is 42.3 Å². The molecule has 0 aliphatic rings. The van der Waals surface area contributed by atoms with Crippen molar-refractivity contribution in [2.75, 3.05) is 0 Å². The molecule has 2 nitrogen and oxygen atoms in total. The molecule has 0 fully saturated rings. The quantitative estimate of drug-likeness (QED) is 0.0997. The maximum absolute atomic E-state index is 8.89.